The molecule has 0 aliphatic carbocycles. The Morgan fingerprint density at radius 2 is 1.71 bits per heavy atom. The number of hydrogen-bond acceptors (Lipinski definition) is 5. The molecular weight excluding hydrogens is 333 g/mol. The van der Waals surface area contributed by atoms with Crippen LogP contribution in [0.25, 0.3) is 0 Å². The highest BCUT2D eigenvalue weighted by atomic mass is 19.2. The van der Waals surface area contributed by atoms with Crippen molar-refractivity contribution in [1.29, 1.82) is 0 Å². The van der Waals surface area contributed by atoms with Gasteiger partial charge in [-0.25, -0.2) is 8.78 Å². The monoisotopic (exact) mass is 346 g/mol. The normalized spacial score (nSPS) is 19.7. The summed E-state index contributed by atoms with van der Waals surface area (Å²) in [5.41, 5.74) is -2.15. The third kappa shape index (κ3) is 2.71. The minimum Gasteiger partial charge on any atom is -0.347 e. The molecule has 2 fully saturated rings. The quantitative estimate of drug-likeness (QED) is 0.465. The summed E-state index contributed by atoms with van der Waals surface area (Å²) >= 11 is 0. The minimum absolute atomic E-state index is 0.144. The van der Waals surface area contributed by atoms with Crippen LogP contribution in [0.5, 0.6) is 0 Å². The molecule has 1 spiro atoms. The summed E-state index contributed by atoms with van der Waals surface area (Å²) in [6.45, 7) is 1.17. The first kappa shape index (κ1) is 16.7. The van der Waals surface area contributed by atoms with E-state index >= 15 is 0 Å². The third-order valence-corrected chi connectivity index (χ3v) is 4.18. The van der Waals surface area contributed by atoms with Crippen molar-refractivity contribution in [1.82, 2.24) is 4.90 Å². The molecule has 10 heteroatoms. The molecule has 2 aliphatic rings. The Labute approximate surface area is 134 Å². The lowest BCUT2D eigenvalue weighted by Gasteiger charge is -2.37. The minimum atomic E-state index is -2.04. The SMILES string of the molecule is O=C(c1cc([N+](=O)[O-])c(F)c(F)c1F)N1CCC2(CC1)OCCO2. The van der Waals surface area contributed by atoms with Gasteiger partial charge < -0.3 is 14.4 Å². The van der Waals surface area contributed by atoms with Crippen LogP contribution in [0.3, 0.4) is 0 Å². The van der Waals surface area contributed by atoms with Gasteiger partial charge in [-0.3, -0.25) is 14.9 Å². The fourth-order valence-electron chi connectivity index (χ4n) is 2.89. The number of carbonyl (C=O) groups excluding carboxylic acids is 1. The molecule has 3 rings (SSSR count). The van der Waals surface area contributed by atoms with Crippen molar-refractivity contribution in [2.45, 2.75) is 18.6 Å². The second-order valence-electron chi connectivity index (χ2n) is 5.54. The highest BCUT2D eigenvalue weighted by molar-refractivity contribution is 5.95. The number of rotatable bonds is 2. The number of likely N-dealkylation sites (tertiary alicyclic amines) is 1. The van der Waals surface area contributed by atoms with E-state index in [9.17, 15) is 28.1 Å². The zero-order chi connectivity index (χ0) is 17.5. The van der Waals surface area contributed by atoms with Gasteiger partial charge in [0.15, 0.2) is 11.6 Å². The number of carbonyl (C=O) groups is 1. The Balaban J connectivity index is 1.84. The van der Waals surface area contributed by atoms with Crippen molar-refractivity contribution >= 4 is 11.6 Å². The van der Waals surface area contributed by atoms with Gasteiger partial charge in [-0.15, -0.1) is 0 Å². The number of hydrogen-bond donors (Lipinski definition) is 0. The van der Waals surface area contributed by atoms with E-state index in [1.54, 1.807) is 0 Å². The highest BCUT2D eigenvalue weighted by Gasteiger charge is 2.41. The van der Waals surface area contributed by atoms with Gasteiger partial charge in [-0.05, 0) is 0 Å². The second-order valence-corrected chi connectivity index (χ2v) is 5.54. The van der Waals surface area contributed by atoms with Crippen molar-refractivity contribution < 1.29 is 32.4 Å². The summed E-state index contributed by atoms with van der Waals surface area (Å²) in [5.74, 6) is -7.42. The molecular formula is C14H13F3N2O5. The second kappa shape index (κ2) is 6.02. The van der Waals surface area contributed by atoms with Crippen molar-refractivity contribution in [3.8, 4) is 0 Å². The number of nitrogens with zero attached hydrogens (tertiary/aromatic N) is 2. The van der Waals surface area contributed by atoms with Crippen LogP contribution in [-0.4, -0.2) is 47.8 Å². The molecule has 1 amide bonds. The van der Waals surface area contributed by atoms with E-state index in [0.717, 1.165) is 0 Å². The smallest absolute Gasteiger partial charge is 0.308 e. The Bertz CT molecular complexity index is 696. The molecule has 130 valence electrons. The van der Waals surface area contributed by atoms with Crippen LogP contribution in [0.1, 0.15) is 23.2 Å². The van der Waals surface area contributed by atoms with Crippen LogP contribution in [0.4, 0.5) is 18.9 Å². The van der Waals surface area contributed by atoms with E-state index in [4.69, 9.17) is 9.47 Å². The van der Waals surface area contributed by atoms with Crippen LogP contribution in [0.15, 0.2) is 6.07 Å². The molecule has 24 heavy (non-hydrogen) atoms. The van der Waals surface area contributed by atoms with Crippen molar-refractivity contribution in [2.75, 3.05) is 26.3 Å². The number of nitro groups is 1. The fourth-order valence-corrected chi connectivity index (χ4v) is 2.89. The van der Waals surface area contributed by atoms with Crippen LogP contribution in [0, 0.1) is 27.6 Å². The maximum Gasteiger partial charge on any atom is 0.308 e. The number of benzene rings is 1. The maximum absolute atomic E-state index is 13.9. The highest BCUT2D eigenvalue weighted by Crippen LogP contribution is 2.33. The lowest BCUT2D eigenvalue weighted by atomic mass is 10.0. The van der Waals surface area contributed by atoms with Gasteiger partial charge in [0.1, 0.15) is 0 Å². The molecule has 2 aliphatic heterocycles. The number of amides is 1. The predicted molar refractivity (Wildman–Crippen MR) is 72.7 cm³/mol. The van der Waals surface area contributed by atoms with Crippen molar-refractivity contribution in [3.05, 3.63) is 39.2 Å². The maximum atomic E-state index is 13.9. The van der Waals surface area contributed by atoms with E-state index in [0.29, 0.717) is 32.1 Å². The first-order valence-corrected chi connectivity index (χ1v) is 7.24. The summed E-state index contributed by atoms with van der Waals surface area (Å²) in [5, 5.41) is 10.7. The summed E-state index contributed by atoms with van der Waals surface area (Å²) in [7, 11) is 0. The first-order chi connectivity index (χ1) is 11.3. The Morgan fingerprint density at radius 3 is 2.25 bits per heavy atom. The predicted octanol–water partition coefficient (Wildman–Crippen LogP) is 1.99. The summed E-state index contributed by atoms with van der Waals surface area (Å²) < 4.78 is 51.8. The molecule has 0 unspecified atom stereocenters. The first-order valence-electron chi connectivity index (χ1n) is 7.24. The number of nitro benzene ring substituents is 1. The Morgan fingerprint density at radius 1 is 1.12 bits per heavy atom. The molecule has 0 bridgehead atoms. The van der Waals surface area contributed by atoms with Gasteiger partial charge in [-0.1, -0.05) is 0 Å². The molecule has 0 radical (unpaired) electrons. The van der Waals surface area contributed by atoms with Gasteiger partial charge in [0.2, 0.25) is 11.6 Å². The largest absolute Gasteiger partial charge is 0.347 e. The van der Waals surface area contributed by atoms with Gasteiger partial charge in [0.05, 0.1) is 23.7 Å². The van der Waals surface area contributed by atoms with Crippen LogP contribution in [0.2, 0.25) is 0 Å². The molecule has 1 aromatic rings. The number of halogens is 3. The third-order valence-electron chi connectivity index (χ3n) is 4.18. The van der Waals surface area contributed by atoms with Crippen molar-refractivity contribution in [2.24, 2.45) is 0 Å². The number of ether oxygens (including phenoxy) is 2. The van der Waals surface area contributed by atoms with Gasteiger partial charge in [0, 0.05) is 32.0 Å². The molecule has 0 N–H and O–H groups in total. The number of piperidine rings is 1. The zero-order valence-electron chi connectivity index (χ0n) is 12.4. The zero-order valence-corrected chi connectivity index (χ0v) is 12.4. The molecule has 7 nitrogen and oxygen atoms in total. The molecule has 1 aromatic carbocycles. The standard InChI is InChI=1S/C14H13F3N2O5/c15-10-8(7-9(19(21)22)11(16)12(10)17)13(20)18-3-1-14(2-4-18)23-5-6-24-14/h7H,1-6H2. The average Bonchev–Trinajstić information content (AvgIpc) is 3.01. The van der Waals surface area contributed by atoms with Gasteiger partial charge >= 0.3 is 5.69 Å². The van der Waals surface area contributed by atoms with E-state index in [1.807, 2.05) is 0 Å². The summed E-state index contributed by atoms with van der Waals surface area (Å²) in [4.78, 5) is 23.1. The molecule has 2 heterocycles. The molecule has 0 saturated carbocycles. The fraction of sp³-hybridized carbons (Fsp3) is 0.500. The lowest BCUT2D eigenvalue weighted by molar-refractivity contribution is -0.387. The lowest BCUT2D eigenvalue weighted by Crippen LogP contribution is -2.47. The van der Waals surface area contributed by atoms with Gasteiger partial charge in [-0.2, -0.15) is 4.39 Å². The molecule has 2 saturated heterocycles. The Kier molecular flexibility index (Phi) is 4.18. The topological polar surface area (TPSA) is 81.9 Å². The van der Waals surface area contributed by atoms with Crippen LogP contribution < -0.4 is 0 Å². The Hall–Kier alpha value is -2.20. The van der Waals surface area contributed by atoms with Crippen molar-refractivity contribution in [3.63, 3.8) is 0 Å². The van der Waals surface area contributed by atoms with E-state index in [2.05, 4.69) is 0 Å². The molecule has 0 aromatic heterocycles. The van der Waals surface area contributed by atoms with Crippen LogP contribution in [-0.2, 0) is 9.47 Å². The average molecular weight is 346 g/mol. The molecule has 0 atom stereocenters. The van der Waals surface area contributed by atoms with Crippen LogP contribution >= 0.6 is 0 Å². The summed E-state index contributed by atoms with van der Waals surface area (Å²) in [6.07, 6.45) is 0.679. The van der Waals surface area contributed by atoms with E-state index < -0.39 is 45.3 Å². The van der Waals surface area contributed by atoms with E-state index in [-0.39, 0.29) is 13.1 Å². The van der Waals surface area contributed by atoms with E-state index in [1.165, 1.54) is 4.90 Å². The summed E-state index contributed by atoms with van der Waals surface area (Å²) in [6, 6.07) is 0.420. The van der Waals surface area contributed by atoms with Gasteiger partial charge in [0.25, 0.3) is 5.91 Å².